The molecule has 92 valence electrons. The number of hydrogen-bond donors (Lipinski definition) is 1. The van der Waals surface area contributed by atoms with Crippen LogP contribution < -0.4 is 5.43 Å². The molecule has 0 saturated carbocycles. The molecule has 0 unspecified atom stereocenters. The molecular formula is C11H6BrFN2O3. The van der Waals surface area contributed by atoms with Crippen molar-refractivity contribution in [1.82, 2.24) is 9.78 Å². The Kier molecular flexibility index (Phi) is 3.24. The monoisotopic (exact) mass is 312 g/mol. The molecule has 0 amide bonds. The zero-order chi connectivity index (χ0) is 13.3. The van der Waals surface area contributed by atoms with Crippen LogP contribution in [-0.2, 0) is 0 Å². The first kappa shape index (κ1) is 12.4. The Morgan fingerprint density at radius 2 is 2.11 bits per heavy atom. The Balaban J connectivity index is 2.61. The minimum Gasteiger partial charge on any atom is -0.476 e. The van der Waals surface area contributed by atoms with Crippen molar-refractivity contribution in [2.24, 2.45) is 0 Å². The first-order valence-electron chi connectivity index (χ1n) is 4.78. The van der Waals surface area contributed by atoms with Crippen LogP contribution in [0.1, 0.15) is 10.5 Å². The number of aromatic carboxylic acids is 1. The Hall–Kier alpha value is -2.02. The van der Waals surface area contributed by atoms with Crippen molar-refractivity contribution in [2.75, 3.05) is 0 Å². The SMILES string of the molecule is O=C(O)c1nn(-c2ccc(Br)cc2F)ccc1=O. The summed E-state index contributed by atoms with van der Waals surface area (Å²) in [6, 6.07) is 5.24. The van der Waals surface area contributed by atoms with Crippen molar-refractivity contribution in [1.29, 1.82) is 0 Å². The fraction of sp³-hybridized carbons (Fsp3) is 0. The van der Waals surface area contributed by atoms with E-state index in [1.54, 1.807) is 6.07 Å². The van der Waals surface area contributed by atoms with Gasteiger partial charge in [0.25, 0.3) is 0 Å². The van der Waals surface area contributed by atoms with Gasteiger partial charge in [0, 0.05) is 16.7 Å². The molecule has 1 aromatic carbocycles. The van der Waals surface area contributed by atoms with Crippen LogP contribution in [0.4, 0.5) is 4.39 Å². The highest BCUT2D eigenvalue weighted by Crippen LogP contribution is 2.17. The molecule has 2 rings (SSSR count). The molecule has 0 fully saturated rings. The largest absolute Gasteiger partial charge is 0.476 e. The Labute approximate surface area is 109 Å². The standard InChI is InChI=1S/C11H6BrFN2O3/c12-6-1-2-8(7(13)5-6)15-4-3-9(16)10(14-15)11(17)18/h1-5H,(H,17,18). The number of carboxylic acid groups (broad SMARTS) is 1. The number of hydrogen-bond acceptors (Lipinski definition) is 3. The minimum atomic E-state index is -1.45. The van der Waals surface area contributed by atoms with Crippen LogP contribution in [0.2, 0.25) is 0 Å². The zero-order valence-electron chi connectivity index (χ0n) is 8.80. The lowest BCUT2D eigenvalue weighted by atomic mass is 10.3. The van der Waals surface area contributed by atoms with E-state index >= 15 is 0 Å². The van der Waals surface area contributed by atoms with Gasteiger partial charge >= 0.3 is 5.97 Å². The fourth-order valence-corrected chi connectivity index (χ4v) is 1.69. The lowest BCUT2D eigenvalue weighted by Crippen LogP contribution is -2.20. The minimum absolute atomic E-state index is 0.0562. The van der Waals surface area contributed by atoms with Crippen LogP contribution in [0.15, 0.2) is 39.7 Å². The van der Waals surface area contributed by atoms with Gasteiger partial charge in [0.1, 0.15) is 11.5 Å². The molecule has 18 heavy (non-hydrogen) atoms. The summed E-state index contributed by atoms with van der Waals surface area (Å²) in [6.07, 6.45) is 1.21. The maximum Gasteiger partial charge on any atom is 0.360 e. The van der Waals surface area contributed by atoms with Crippen LogP contribution in [0.3, 0.4) is 0 Å². The first-order valence-corrected chi connectivity index (χ1v) is 5.57. The number of aromatic nitrogens is 2. The van der Waals surface area contributed by atoms with Crippen LogP contribution in [0.5, 0.6) is 0 Å². The summed E-state index contributed by atoms with van der Waals surface area (Å²) in [5, 5.41) is 12.4. The quantitative estimate of drug-likeness (QED) is 0.918. The predicted octanol–water partition coefficient (Wildman–Crippen LogP) is 1.83. The van der Waals surface area contributed by atoms with E-state index in [-0.39, 0.29) is 5.69 Å². The summed E-state index contributed by atoms with van der Waals surface area (Å²) in [4.78, 5) is 22.0. The lowest BCUT2D eigenvalue weighted by Gasteiger charge is -2.07. The molecule has 0 aliphatic rings. The van der Waals surface area contributed by atoms with E-state index in [1.807, 2.05) is 0 Å². The molecule has 0 spiro atoms. The predicted molar refractivity (Wildman–Crippen MR) is 64.5 cm³/mol. The maximum atomic E-state index is 13.7. The van der Waals surface area contributed by atoms with Crippen LogP contribution in [0.25, 0.3) is 5.69 Å². The Morgan fingerprint density at radius 1 is 1.39 bits per heavy atom. The molecule has 1 aromatic heterocycles. The molecule has 0 bridgehead atoms. The van der Waals surface area contributed by atoms with Gasteiger partial charge in [-0.3, -0.25) is 4.79 Å². The normalized spacial score (nSPS) is 10.3. The van der Waals surface area contributed by atoms with Gasteiger partial charge in [-0.2, -0.15) is 5.10 Å². The van der Waals surface area contributed by atoms with Gasteiger partial charge in [-0.15, -0.1) is 0 Å². The van der Waals surface area contributed by atoms with Crippen LogP contribution >= 0.6 is 15.9 Å². The molecule has 5 nitrogen and oxygen atoms in total. The molecule has 2 aromatic rings. The molecule has 0 atom stereocenters. The summed E-state index contributed by atoms with van der Waals surface area (Å²) in [7, 11) is 0. The first-order chi connectivity index (χ1) is 8.49. The molecule has 0 saturated heterocycles. The highest BCUT2D eigenvalue weighted by molar-refractivity contribution is 9.10. The van der Waals surface area contributed by atoms with Gasteiger partial charge in [-0.25, -0.2) is 13.9 Å². The van der Waals surface area contributed by atoms with Gasteiger partial charge in [-0.1, -0.05) is 15.9 Å². The summed E-state index contributed by atoms with van der Waals surface area (Å²) in [5.74, 6) is -2.04. The van der Waals surface area contributed by atoms with Crippen molar-refractivity contribution in [3.63, 3.8) is 0 Å². The number of nitrogens with zero attached hydrogens (tertiary/aromatic N) is 2. The van der Waals surface area contributed by atoms with Crippen molar-refractivity contribution in [3.8, 4) is 5.69 Å². The smallest absolute Gasteiger partial charge is 0.360 e. The third kappa shape index (κ3) is 2.30. The lowest BCUT2D eigenvalue weighted by molar-refractivity contribution is 0.0686. The summed E-state index contributed by atoms with van der Waals surface area (Å²) < 4.78 is 15.2. The van der Waals surface area contributed by atoms with Crippen molar-refractivity contribution in [2.45, 2.75) is 0 Å². The summed E-state index contributed by atoms with van der Waals surface area (Å²) >= 11 is 3.10. The van der Waals surface area contributed by atoms with E-state index in [0.29, 0.717) is 4.47 Å². The molecule has 1 heterocycles. The second kappa shape index (κ2) is 4.69. The van der Waals surface area contributed by atoms with Gasteiger partial charge in [0.05, 0.1) is 0 Å². The third-order valence-electron chi connectivity index (χ3n) is 2.17. The van der Waals surface area contributed by atoms with E-state index in [0.717, 1.165) is 10.7 Å². The molecule has 0 radical (unpaired) electrons. The van der Waals surface area contributed by atoms with E-state index in [4.69, 9.17) is 5.11 Å². The number of carboxylic acids is 1. The number of benzene rings is 1. The fourth-order valence-electron chi connectivity index (χ4n) is 1.36. The highest BCUT2D eigenvalue weighted by Gasteiger charge is 2.12. The highest BCUT2D eigenvalue weighted by atomic mass is 79.9. The number of rotatable bonds is 2. The topological polar surface area (TPSA) is 72.2 Å². The van der Waals surface area contributed by atoms with Crippen molar-refractivity contribution >= 4 is 21.9 Å². The molecular weight excluding hydrogens is 307 g/mol. The average molecular weight is 313 g/mol. The van der Waals surface area contributed by atoms with Crippen LogP contribution in [-0.4, -0.2) is 20.9 Å². The van der Waals surface area contributed by atoms with E-state index in [9.17, 15) is 14.0 Å². The number of halogens is 2. The summed E-state index contributed by atoms with van der Waals surface area (Å²) in [6.45, 7) is 0. The van der Waals surface area contributed by atoms with Gasteiger partial charge < -0.3 is 5.11 Å². The second-order valence-electron chi connectivity index (χ2n) is 3.37. The maximum absolute atomic E-state index is 13.7. The zero-order valence-corrected chi connectivity index (χ0v) is 10.4. The molecule has 1 N–H and O–H groups in total. The Morgan fingerprint density at radius 3 is 2.72 bits per heavy atom. The van der Waals surface area contributed by atoms with E-state index < -0.39 is 22.9 Å². The second-order valence-corrected chi connectivity index (χ2v) is 4.29. The van der Waals surface area contributed by atoms with Gasteiger partial charge in [0.15, 0.2) is 0 Å². The van der Waals surface area contributed by atoms with Gasteiger partial charge in [0.2, 0.25) is 11.1 Å². The molecule has 0 aliphatic heterocycles. The summed E-state index contributed by atoms with van der Waals surface area (Å²) in [5.41, 5.74) is -1.32. The van der Waals surface area contributed by atoms with Crippen LogP contribution in [0, 0.1) is 5.82 Å². The van der Waals surface area contributed by atoms with Crippen molar-refractivity contribution < 1.29 is 14.3 Å². The number of carbonyl (C=O) groups is 1. The average Bonchev–Trinajstić information content (AvgIpc) is 2.30. The Bertz CT molecular complexity index is 684. The molecule has 0 aliphatic carbocycles. The van der Waals surface area contributed by atoms with E-state index in [1.165, 1.54) is 18.3 Å². The molecule has 7 heteroatoms. The van der Waals surface area contributed by atoms with Crippen molar-refractivity contribution in [3.05, 3.63) is 56.7 Å². The van der Waals surface area contributed by atoms with Gasteiger partial charge in [-0.05, 0) is 18.2 Å². The third-order valence-corrected chi connectivity index (χ3v) is 2.66. The van der Waals surface area contributed by atoms with E-state index in [2.05, 4.69) is 21.0 Å².